The van der Waals surface area contributed by atoms with Gasteiger partial charge in [-0.25, -0.2) is 9.78 Å². The molecule has 0 spiro atoms. The molecular weight excluding hydrogens is 398 g/mol. The number of hydrogen-bond donors (Lipinski definition) is 2. The predicted molar refractivity (Wildman–Crippen MR) is 117 cm³/mol. The summed E-state index contributed by atoms with van der Waals surface area (Å²) < 4.78 is 7.06. The van der Waals surface area contributed by atoms with E-state index in [4.69, 9.17) is 9.84 Å². The third kappa shape index (κ3) is 4.09. The molecule has 8 nitrogen and oxygen atoms in total. The molecule has 1 amide bonds. The Bertz CT molecular complexity index is 1320. The van der Waals surface area contributed by atoms with Crippen LogP contribution in [-0.2, 0) is 16.1 Å². The van der Waals surface area contributed by atoms with Gasteiger partial charge in [0.15, 0.2) is 0 Å². The lowest BCUT2D eigenvalue weighted by Crippen LogP contribution is -2.21. The number of carbonyl (C=O) groups is 2. The fourth-order valence-corrected chi connectivity index (χ4v) is 3.54. The molecule has 2 heterocycles. The van der Waals surface area contributed by atoms with Crippen molar-refractivity contribution in [2.75, 3.05) is 12.4 Å². The van der Waals surface area contributed by atoms with E-state index in [-0.39, 0.29) is 5.56 Å². The number of aliphatic carboxylic acids is 1. The average molecular weight is 417 g/mol. The first-order valence-corrected chi connectivity index (χ1v) is 9.57. The van der Waals surface area contributed by atoms with Crippen LogP contribution < -0.4 is 15.6 Å². The van der Waals surface area contributed by atoms with Crippen molar-refractivity contribution in [1.29, 1.82) is 0 Å². The van der Waals surface area contributed by atoms with Crippen LogP contribution in [0.1, 0.15) is 17.8 Å². The first-order chi connectivity index (χ1) is 15.0. The van der Waals surface area contributed by atoms with Crippen molar-refractivity contribution in [3.63, 3.8) is 0 Å². The van der Waals surface area contributed by atoms with Crippen LogP contribution in [0.15, 0.2) is 59.4 Å². The van der Waals surface area contributed by atoms with Gasteiger partial charge in [-0.15, -0.1) is 0 Å². The number of carboxylic acids is 1. The molecule has 0 radical (unpaired) electrons. The van der Waals surface area contributed by atoms with Crippen LogP contribution in [0.2, 0.25) is 0 Å². The number of rotatable bonds is 5. The molecular formula is C23H19N3O5. The number of aromatic nitrogens is 2. The number of allylic oxidation sites excluding steroid dienone is 1. The number of benzene rings is 2. The number of anilines is 1. The monoisotopic (exact) mass is 417 g/mol. The first-order valence-electron chi connectivity index (χ1n) is 9.57. The molecule has 1 aliphatic rings. The van der Waals surface area contributed by atoms with Crippen LogP contribution in [-0.4, -0.2) is 33.6 Å². The predicted octanol–water partition coefficient (Wildman–Crippen LogP) is 2.93. The minimum atomic E-state index is -1.21. The van der Waals surface area contributed by atoms with Crippen molar-refractivity contribution in [2.24, 2.45) is 0 Å². The largest absolute Gasteiger partial charge is 0.496 e. The Morgan fingerprint density at radius 2 is 2.00 bits per heavy atom. The summed E-state index contributed by atoms with van der Waals surface area (Å²) in [7, 11) is 1.61. The summed E-state index contributed by atoms with van der Waals surface area (Å²) in [6, 6.07) is 12.4. The smallest absolute Gasteiger partial charge is 0.328 e. The van der Waals surface area contributed by atoms with Gasteiger partial charge in [-0.3, -0.25) is 14.2 Å². The number of ether oxygens (including phenoxy) is 1. The summed E-state index contributed by atoms with van der Waals surface area (Å²) in [4.78, 5) is 40.0. The molecule has 8 heteroatoms. The zero-order valence-corrected chi connectivity index (χ0v) is 16.7. The van der Waals surface area contributed by atoms with Gasteiger partial charge in [0.2, 0.25) is 5.91 Å². The lowest BCUT2D eigenvalue weighted by molar-refractivity contribution is -0.131. The van der Waals surface area contributed by atoms with Gasteiger partial charge in [0.1, 0.15) is 11.6 Å². The Kier molecular flexibility index (Phi) is 5.36. The molecule has 0 atom stereocenters. The van der Waals surface area contributed by atoms with Crippen LogP contribution in [0, 0.1) is 0 Å². The van der Waals surface area contributed by atoms with Gasteiger partial charge in [0.25, 0.3) is 5.56 Å². The van der Waals surface area contributed by atoms with Gasteiger partial charge in [0, 0.05) is 29.9 Å². The summed E-state index contributed by atoms with van der Waals surface area (Å²) >= 11 is 0. The van der Waals surface area contributed by atoms with E-state index in [2.05, 4.69) is 10.3 Å². The van der Waals surface area contributed by atoms with Crippen LogP contribution in [0.3, 0.4) is 0 Å². The van der Waals surface area contributed by atoms with Crippen molar-refractivity contribution in [2.45, 2.75) is 13.0 Å². The summed E-state index contributed by atoms with van der Waals surface area (Å²) in [5.74, 6) is -0.488. The molecule has 0 saturated heterocycles. The highest BCUT2D eigenvalue weighted by Gasteiger charge is 2.21. The van der Waals surface area contributed by atoms with Gasteiger partial charge in [-0.1, -0.05) is 18.2 Å². The Balaban J connectivity index is 1.74. The molecule has 1 aromatic heterocycles. The second-order valence-corrected chi connectivity index (χ2v) is 6.95. The summed E-state index contributed by atoms with van der Waals surface area (Å²) in [6.07, 6.45) is 4.31. The number of hydrogen-bond acceptors (Lipinski definition) is 5. The number of nitrogens with zero attached hydrogens (tertiary/aromatic N) is 2. The minimum Gasteiger partial charge on any atom is -0.496 e. The minimum absolute atomic E-state index is 0.146. The van der Waals surface area contributed by atoms with Gasteiger partial charge in [-0.2, -0.15) is 0 Å². The number of methoxy groups -OCH3 is 1. The normalized spacial score (nSPS) is 14.2. The van der Waals surface area contributed by atoms with E-state index >= 15 is 0 Å². The van der Waals surface area contributed by atoms with E-state index in [0.29, 0.717) is 35.4 Å². The topological polar surface area (TPSA) is 111 Å². The first kappa shape index (κ1) is 20.1. The highest BCUT2D eigenvalue weighted by molar-refractivity contribution is 6.03. The molecule has 3 aromatic rings. The Morgan fingerprint density at radius 1 is 1.19 bits per heavy atom. The lowest BCUT2D eigenvalue weighted by atomic mass is 10.1. The molecule has 0 unspecified atom stereocenters. The molecule has 2 aromatic carbocycles. The number of amides is 1. The summed E-state index contributed by atoms with van der Waals surface area (Å²) in [6.45, 7) is 0.538. The second-order valence-electron chi connectivity index (χ2n) is 6.95. The van der Waals surface area contributed by atoms with Crippen molar-refractivity contribution in [1.82, 2.24) is 9.55 Å². The van der Waals surface area contributed by atoms with Gasteiger partial charge >= 0.3 is 5.97 Å². The van der Waals surface area contributed by atoms with E-state index in [1.54, 1.807) is 29.9 Å². The van der Waals surface area contributed by atoms with Crippen LogP contribution in [0.5, 0.6) is 5.75 Å². The third-order valence-electron chi connectivity index (χ3n) is 4.96. The third-order valence-corrected chi connectivity index (χ3v) is 4.96. The van der Waals surface area contributed by atoms with Gasteiger partial charge in [-0.05, 0) is 42.3 Å². The van der Waals surface area contributed by atoms with E-state index < -0.39 is 11.9 Å². The lowest BCUT2D eigenvalue weighted by Gasteiger charge is -2.08. The molecule has 0 fully saturated rings. The van der Waals surface area contributed by atoms with Crippen LogP contribution in [0.4, 0.5) is 5.69 Å². The fraction of sp³-hybridized carbons (Fsp3) is 0.130. The molecule has 2 N–H and O–H groups in total. The number of fused-ring (bicyclic) bond motifs is 2. The Labute approximate surface area is 177 Å². The number of carboxylic acid groups (broad SMARTS) is 1. The molecule has 0 aliphatic carbocycles. The number of carbonyl (C=O) groups excluding carboxylic acids is 1. The number of nitrogens with one attached hydrogen (secondary N) is 1. The molecule has 1 aliphatic heterocycles. The SMILES string of the molecule is COc1ccccc1C=C1CCn2c1nc1cc(NC(=O)/C=C/C(=O)O)ccc1c2=O. The van der Waals surface area contributed by atoms with Gasteiger partial charge < -0.3 is 15.2 Å². The molecule has 4 rings (SSSR count). The quantitative estimate of drug-likeness (QED) is 0.618. The zero-order chi connectivity index (χ0) is 22.0. The second kappa shape index (κ2) is 8.27. The summed E-state index contributed by atoms with van der Waals surface area (Å²) in [5, 5.41) is 11.6. The molecule has 156 valence electrons. The molecule has 31 heavy (non-hydrogen) atoms. The van der Waals surface area contributed by atoms with Crippen LogP contribution in [0.25, 0.3) is 22.6 Å². The van der Waals surface area contributed by atoms with E-state index in [1.807, 2.05) is 30.3 Å². The highest BCUT2D eigenvalue weighted by Crippen LogP contribution is 2.30. The van der Waals surface area contributed by atoms with E-state index in [0.717, 1.165) is 29.0 Å². The Morgan fingerprint density at radius 3 is 2.77 bits per heavy atom. The maximum absolute atomic E-state index is 13.0. The maximum atomic E-state index is 13.0. The molecule has 0 saturated carbocycles. The van der Waals surface area contributed by atoms with E-state index in [1.165, 1.54) is 0 Å². The zero-order valence-electron chi connectivity index (χ0n) is 16.7. The molecule has 0 bridgehead atoms. The van der Waals surface area contributed by atoms with Crippen molar-refractivity contribution >= 4 is 40.1 Å². The fourth-order valence-electron chi connectivity index (χ4n) is 3.54. The Hall–Kier alpha value is -4.20. The average Bonchev–Trinajstić information content (AvgIpc) is 3.15. The van der Waals surface area contributed by atoms with Crippen molar-refractivity contribution < 1.29 is 19.4 Å². The summed E-state index contributed by atoms with van der Waals surface area (Å²) in [5.41, 5.74) is 2.53. The maximum Gasteiger partial charge on any atom is 0.328 e. The standard InChI is InChI=1S/C23H19N3O5/c1-31-19-5-3-2-4-14(19)12-15-10-11-26-22(15)25-18-13-16(6-7-17(18)23(26)30)24-20(27)8-9-21(28)29/h2-9,12-13H,10-11H2,1H3,(H,24,27)(H,28,29)/b9-8+,15-12?. The van der Waals surface area contributed by atoms with E-state index in [9.17, 15) is 14.4 Å². The number of para-hydroxylation sites is 1. The van der Waals surface area contributed by atoms with Gasteiger partial charge in [0.05, 0.1) is 18.0 Å². The van der Waals surface area contributed by atoms with Crippen molar-refractivity contribution in [3.8, 4) is 5.75 Å². The van der Waals surface area contributed by atoms with Crippen molar-refractivity contribution in [3.05, 3.63) is 76.4 Å². The van der Waals surface area contributed by atoms with Crippen LogP contribution >= 0.6 is 0 Å². The highest BCUT2D eigenvalue weighted by atomic mass is 16.5.